The number of ether oxygens (including phenoxy) is 2. The fourth-order valence-electron chi connectivity index (χ4n) is 3.42. The number of fused-ring (bicyclic) bond motifs is 1. The highest BCUT2D eigenvalue weighted by Crippen LogP contribution is 2.47. The van der Waals surface area contributed by atoms with Gasteiger partial charge in [0.2, 0.25) is 5.91 Å². The van der Waals surface area contributed by atoms with Crippen molar-refractivity contribution in [1.29, 1.82) is 0 Å². The van der Waals surface area contributed by atoms with Crippen molar-refractivity contribution in [3.8, 4) is 11.5 Å². The lowest BCUT2D eigenvalue weighted by Gasteiger charge is -2.21. The molecule has 2 aliphatic rings. The Labute approximate surface area is 141 Å². The van der Waals surface area contributed by atoms with Crippen LogP contribution in [-0.4, -0.2) is 11.7 Å². The number of carbonyl (C=O) groups excluding carboxylic acids is 1. The van der Waals surface area contributed by atoms with Crippen molar-refractivity contribution in [3.63, 3.8) is 0 Å². The van der Waals surface area contributed by atoms with Crippen LogP contribution in [0.25, 0.3) is 0 Å². The van der Waals surface area contributed by atoms with Gasteiger partial charge in [-0.1, -0.05) is 30.3 Å². The molecular weight excluding hydrogens is 302 g/mol. The molecular formula is C20H21NO3. The van der Waals surface area contributed by atoms with Gasteiger partial charge >= 0.3 is 0 Å². The summed E-state index contributed by atoms with van der Waals surface area (Å²) in [7, 11) is 0. The van der Waals surface area contributed by atoms with Gasteiger partial charge in [-0.25, -0.2) is 0 Å². The van der Waals surface area contributed by atoms with E-state index in [2.05, 4.69) is 5.32 Å². The van der Waals surface area contributed by atoms with E-state index in [9.17, 15) is 4.79 Å². The molecule has 4 heteroatoms. The van der Waals surface area contributed by atoms with Crippen molar-refractivity contribution in [2.45, 2.75) is 44.3 Å². The van der Waals surface area contributed by atoms with Gasteiger partial charge in [-0.15, -0.1) is 0 Å². The molecule has 0 saturated heterocycles. The maximum Gasteiger partial charge on any atom is 0.251 e. The predicted molar refractivity (Wildman–Crippen MR) is 92.3 cm³/mol. The molecule has 1 N–H and O–H groups in total. The molecule has 0 bridgehead atoms. The molecule has 2 aromatic rings. The number of benzene rings is 2. The lowest BCUT2D eigenvalue weighted by Crippen LogP contribution is -2.34. The Morgan fingerprint density at radius 1 is 1.00 bits per heavy atom. The third kappa shape index (κ3) is 3.09. The molecule has 0 aromatic heterocycles. The van der Waals surface area contributed by atoms with Crippen LogP contribution in [0.1, 0.15) is 37.7 Å². The molecule has 0 unspecified atom stereocenters. The molecule has 0 radical (unpaired) electrons. The zero-order valence-electron chi connectivity index (χ0n) is 13.6. The van der Waals surface area contributed by atoms with Crippen LogP contribution in [0.5, 0.6) is 11.5 Å². The van der Waals surface area contributed by atoms with Crippen LogP contribution >= 0.6 is 0 Å². The number of rotatable bonds is 4. The zero-order valence-corrected chi connectivity index (χ0v) is 13.6. The van der Waals surface area contributed by atoms with Crippen LogP contribution < -0.4 is 14.8 Å². The second-order valence-electron chi connectivity index (χ2n) is 6.52. The number of anilines is 1. The van der Waals surface area contributed by atoms with Gasteiger partial charge in [0.05, 0.1) is 0 Å². The molecule has 1 aliphatic carbocycles. The van der Waals surface area contributed by atoms with E-state index in [0.717, 1.165) is 49.3 Å². The van der Waals surface area contributed by atoms with Crippen LogP contribution in [-0.2, 0) is 11.2 Å². The number of aryl methyl sites for hydroxylation is 1. The summed E-state index contributed by atoms with van der Waals surface area (Å²) in [6.45, 7) is 0. The lowest BCUT2D eigenvalue weighted by molar-refractivity contribution is -0.116. The summed E-state index contributed by atoms with van der Waals surface area (Å²) < 4.78 is 12.0. The molecule has 24 heavy (non-hydrogen) atoms. The van der Waals surface area contributed by atoms with E-state index in [1.807, 2.05) is 48.5 Å². The molecule has 4 rings (SSSR count). The maximum absolute atomic E-state index is 12.2. The first kappa shape index (κ1) is 15.1. The monoisotopic (exact) mass is 323 g/mol. The Bertz CT molecular complexity index is 736. The minimum absolute atomic E-state index is 0.00768. The van der Waals surface area contributed by atoms with Crippen LogP contribution in [0.3, 0.4) is 0 Å². The average molecular weight is 323 g/mol. The molecule has 1 saturated carbocycles. The number of amides is 1. The van der Waals surface area contributed by atoms with Crippen molar-refractivity contribution < 1.29 is 14.3 Å². The maximum atomic E-state index is 12.2. The Morgan fingerprint density at radius 3 is 2.54 bits per heavy atom. The molecule has 1 spiro atoms. The van der Waals surface area contributed by atoms with Gasteiger partial charge in [0.15, 0.2) is 11.5 Å². The molecule has 124 valence electrons. The van der Waals surface area contributed by atoms with Gasteiger partial charge in [0, 0.05) is 31.0 Å². The molecule has 4 nitrogen and oxygen atoms in total. The van der Waals surface area contributed by atoms with Gasteiger partial charge in [-0.2, -0.15) is 0 Å². The highest BCUT2D eigenvalue weighted by molar-refractivity contribution is 5.91. The first-order chi connectivity index (χ1) is 11.7. The Morgan fingerprint density at radius 2 is 1.75 bits per heavy atom. The number of hydrogen-bond donors (Lipinski definition) is 1. The summed E-state index contributed by atoms with van der Waals surface area (Å²) in [5.74, 6) is 1.06. The predicted octanol–water partition coefficient (Wildman–Crippen LogP) is 4.30. The summed E-state index contributed by atoms with van der Waals surface area (Å²) in [6, 6.07) is 15.7. The number of carbonyl (C=O) groups is 1. The fraction of sp³-hybridized carbons (Fsp3) is 0.350. The van der Waals surface area contributed by atoms with Crippen LogP contribution in [0.4, 0.5) is 5.69 Å². The third-order valence-corrected chi connectivity index (χ3v) is 4.67. The van der Waals surface area contributed by atoms with Gasteiger partial charge in [-0.05, 0) is 37.0 Å². The molecule has 1 fully saturated rings. The normalized spacial score (nSPS) is 17.2. The minimum atomic E-state index is -0.460. The Balaban J connectivity index is 1.37. The van der Waals surface area contributed by atoms with E-state index < -0.39 is 5.79 Å². The first-order valence-electron chi connectivity index (χ1n) is 8.58. The fourth-order valence-corrected chi connectivity index (χ4v) is 3.42. The highest BCUT2D eigenvalue weighted by atomic mass is 16.7. The van der Waals surface area contributed by atoms with E-state index in [4.69, 9.17) is 9.47 Å². The van der Waals surface area contributed by atoms with Crippen molar-refractivity contribution in [2.24, 2.45) is 0 Å². The van der Waals surface area contributed by atoms with Crippen LogP contribution in [0, 0.1) is 0 Å². The summed E-state index contributed by atoms with van der Waals surface area (Å²) in [5.41, 5.74) is 1.92. The van der Waals surface area contributed by atoms with E-state index in [1.165, 1.54) is 5.56 Å². The first-order valence-corrected chi connectivity index (χ1v) is 8.58. The summed E-state index contributed by atoms with van der Waals surface area (Å²) in [4.78, 5) is 12.2. The third-order valence-electron chi connectivity index (χ3n) is 4.67. The number of nitrogens with one attached hydrogen (secondary N) is 1. The van der Waals surface area contributed by atoms with E-state index in [-0.39, 0.29) is 5.91 Å². The zero-order chi connectivity index (χ0) is 16.4. The van der Waals surface area contributed by atoms with E-state index in [1.54, 1.807) is 0 Å². The smallest absolute Gasteiger partial charge is 0.251 e. The standard InChI is InChI=1S/C20H21NO3/c22-19(11-8-15-6-2-1-3-7-15)21-16-9-10-17-18(14-16)24-20(23-17)12-4-5-13-20/h1-3,6-7,9-10,14H,4-5,8,11-13H2,(H,21,22). The molecule has 0 atom stereocenters. The summed E-state index contributed by atoms with van der Waals surface area (Å²) >= 11 is 0. The SMILES string of the molecule is O=C(CCc1ccccc1)Nc1ccc2c(c1)OC1(CCCC1)O2. The average Bonchev–Trinajstić information content (AvgIpc) is 3.20. The Hall–Kier alpha value is -2.49. The van der Waals surface area contributed by atoms with Gasteiger partial charge in [0.1, 0.15) is 0 Å². The van der Waals surface area contributed by atoms with Gasteiger partial charge in [0.25, 0.3) is 5.79 Å². The topological polar surface area (TPSA) is 47.6 Å². The summed E-state index contributed by atoms with van der Waals surface area (Å²) in [5, 5.41) is 2.95. The van der Waals surface area contributed by atoms with Crippen molar-refractivity contribution in [1.82, 2.24) is 0 Å². The van der Waals surface area contributed by atoms with Gasteiger partial charge < -0.3 is 14.8 Å². The van der Waals surface area contributed by atoms with E-state index in [0.29, 0.717) is 6.42 Å². The lowest BCUT2D eigenvalue weighted by atomic mass is 10.1. The second-order valence-corrected chi connectivity index (χ2v) is 6.52. The minimum Gasteiger partial charge on any atom is -0.448 e. The quantitative estimate of drug-likeness (QED) is 0.912. The highest BCUT2D eigenvalue weighted by Gasteiger charge is 2.44. The second kappa shape index (κ2) is 6.19. The Kier molecular flexibility index (Phi) is 3.89. The van der Waals surface area contributed by atoms with Crippen molar-refractivity contribution in [3.05, 3.63) is 54.1 Å². The largest absolute Gasteiger partial charge is 0.448 e. The molecule has 1 heterocycles. The van der Waals surface area contributed by atoms with Crippen LogP contribution in [0.15, 0.2) is 48.5 Å². The van der Waals surface area contributed by atoms with Crippen molar-refractivity contribution in [2.75, 3.05) is 5.32 Å². The van der Waals surface area contributed by atoms with Crippen LogP contribution in [0.2, 0.25) is 0 Å². The summed E-state index contributed by atoms with van der Waals surface area (Å²) in [6.07, 6.45) is 5.33. The molecule has 2 aromatic carbocycles. The van der Waals surface area contributed by atoms with Gasteiger partial charge in [-0.3, -0.25) is 4.79 Å². The van der Waals surface area contributed by atoms with E-state index >= 15 is 0 Å². The molecule has 1 aliphatic heterocycles. The number of hydrogen-bond acceptors (Lipinski definition) is 3. The van der Waals surface area contributed by atoms with Crippen molar-refractivity contribution >= 4 is 11.6 Å². The molecule has 1 amide bonds.